The van der Waals surface area contributed by atoms with Gasteiger partial charge in [0.15, 0.2) is 0 Å². The minimum atomic E-state index is 0.609. The quantitative estimate of drug-likeness (QED) is 0.445. The Balaban J connectivity index is 2.01. The van der Waals surface area contributed by atoms with Crippen LogP contribution in [-0.4, -0.2) is 19.6 Å². The molecule has 19 heavy (non-hydrogen) atoms. The molecule has 0 aliphatic heterocycles. The molecule has 4 N–H and O–H groups in total. The Morgan fingerprint density at radius 1 is 1.00 bits per heavy atom. The maximum absolute atomic E-state index is 5.56. The molecule has 0 heterocycles. The predicted octanol–water partition coefficient (Wildman–Crippen LogP) is 1.96. The Bertz CT molecular complexity index is 368. The van der Waals surface area contributed by atoms with E-state index in [-0.39, 0.29) is 0 Å². The fraction of sp³-hybridized carbons (Fsp3) is 0.375. The van der Waals surface area contributed by atoms with Gasteiger partial charge in [0, 0.05) is 26.2 Å². The first-order chi connectivity index (χ1) is 9.36. The van der Waals surface area contributed by atoms with Crippen molar-refractivity contribution in [1.29, 1.82) is 0 Å². The Hall–Kier alpha value is -1.42. The maximum Gasteiger partial charge on any atom is 0.0206 e. The van der Waals surface area contributed by atoms with E-state index in [1.165, 1.54) is 11.1 Å². The van der Waals surface area contributed by atoms with E-state index in [0.29, 0.717) is 6.54 Å². The summed E-state index contributed by atoms with van der Waals surface area (Å²) in [5.74, 6) is 0. The van der Waals surface area contributed by atoms with Gasteiger partial charge in [-0.25, -0.2) is 0 Å². The first-order valence-corrected chi connectivity index (χ1v) is 6.83. The molecule has 0 bridgehead atoms. The van der Waals surface area contributed by atoms with Crippen molar-refractivity contribution >= 4 is 0 Å². The third-order valence-electron chi connectivity index (χ3n) is 2.83. The van der Waals surface area contributed by atoms with Crippen LogP contribution < -0.4 is 16.4 Å². The zero-order valence-electron chi connectivity index (χ0n) is 11.6. The maximum atomic E-state index is 5.56. The number of benzene rings is 1. The lowest BCUT2D eigenvalue weighted by molar-refractivity contribution is 0.614. The number of hydrogen-bond acceptors (Lipinski definition) is 3. The molecular formula is C16H25N3. The van der Waals surface area contributed by atoms with E-state index in [9.17, 15) is 0 Å². The fourth-order valence-electron chi connectivity index (χ4n) is 1.71. The molecule has 0 aromatic heterocycles. The van der Waals surface area contributed by atoms with Gasteiger partial charge in [-0.15, -0.1) is 0 Å². The lowest BCUT2D eigenvalue weighted by Crippen LogP contribution is -2.27. The molecule has 1 aromatic carbocycles. The summed E-state index contributed by atoms with van der Waals surface area (Å²) in [7, 11) is 0. The van der Waals surface area contributed by atoms with Crippen LogP contribution in [0.15, 0.2) is 49.1 Å². The molecule has 0 spiro atoms. The molecular weight excluding hydrogens is 234 g/mol. The van der Waals surface area contributed by atoms with Gasteiger partial charge >= 0.3 is 0 Å². The molecule has 0 fully saturated rings. The standard InChI is InChI=1S/C16H25N3/c1-2-3-4-5-10-18-11-12-19-14-16-8-6-15(13-17)7-9-16/h2-4,6-9,18-19H,1,5,10-14,17H2/b4-3-. The van der Waals surface area contributed by atoms with Crippen LogP contribution in [-0.2, 0) is 13.1 Å². The minimum absolute atomic E-state index is 0.609. The van der Waals surface area contributed by atoms with E-state index in [0.717, 1.165) is 32.6 Å². The number of nitrogens with one attached hydrogen (secondary N) is 2. The summed E-state index contributed by atoms with van der Waals surface area (Å²) >= 11 is 0. The third kappa shape index (κ3) is 7.57. The predicted molar refractivity (Wildman–Crippen MR) is 82.9 cm³/mol. The van der Waals surface area contributed by atoms with Crippen LogP contribution in [0.1, 0.15) is 17.5 Å². The van der Waals surface area contributed by atoms with Gasteiger partial charge in [-0.2, -0.15) is 0 Å². The number of allylic oxidation sites excluding steroid dienone is 2. The zero-order valence-corrected chi connectivity index (χ0v) is 11.6. The van der Waals surface area contributed by atoms with Crippen molar-refractivity contribution in [2.75, 3.05) is 19.6 Å². The first kappa shape index (κ1) is 15.6. The van der Waals surface area contributed by atoms with E-state index in [1.807, 2.05) is 6.08 Å². The van der Waals surface area contributed by atoms with Crippen LogP contribution in [0.4, 0.5) is 0 Å². The Labute approximate surface area is 116 Å². The van der Waals surface area contributed by atoms with E-state index in [4.69, 9.17) is 5.73 Å². The van der Waals surface area contributed by atoms with E-state index < -0.39 is 0 Å². The first-order valence-electron chi connectivity index (χ1n) is 6.83. The third-order valence-corrected chi connectivity index (χ3v) is 2.83. The normalized spacial score (nSPS) is 11.0. The van der Waals surface area contributed by atoms with Crippen LogP contribution >= 0.6 is 0 Å². The molecule has 3 heteroatoms. The second-order valence-corrected chi connectivity index (χ2v) is 4.40. The minimum Gasteiger partial charge on any atom is -0.326 e. The van der Waals surface area contributed by atoms with Crippen molar-refractivity contribution in [1.82, 2.24) is 10.6 Å². The van der Waals surface area contributed by atoms with Crippen LogP contribution in [0.25, 0.3) is 0 Å². The molecule has 1 aromatic rings. The fourth-order valence-corrected chi connectivity index (χ4v) is 1.71. The largest absolute Gasteiger partial charge is 0.326 e. The molecule has 1 rings (SSSR count). The summed E-state index contributed by atoms with van der Waals surface area (Å²) in [4.78, 5) is 0. The average molecular weight is 259 g/mol. The van der Waals surface area contributed by atoms with Crippen LogP contribution in [0.3, 0.4) is 0 Å². The Morgan fingerprint density at radius 2 is 1.68 bits per heavy atom. The molecule has 0 amide bonds. The number of hydrogen-bond donors (Lipinski definition) is 3. The molecule has 0 aliphatic rings. The summed E-state index contributed by atoms with van der Waals surface area (Å²) in [6, 6.07) is 8.42. The van der Waals surface area contributed by atoms with E-state index in [1.54, 1.807) is 6.08 Å². The highest BCUT2D eigenvalue weighted by Gasteiger charge is 1.93. The van der Waals surface area contributed by atoms with Crippen molar-refractivity contribution in [3.8, 4) is 0 Å². The van der Waals surface area contributed by atoms with E-state index in [2.05, 4.69) is 47.6 Å². The second kappa shape index (κ2) is 10.5. The van der Waals surface area contributed by atoms with Crippen molar-refractivity contribution in [2.24, 2.45) is 5.73 Å². The molecule has 0 radical (unpaired) electrons. The molecule has 0 saturated carbocycles. The molecule has 3 nitrogen and oxygen atoms in total. The molecule has 0 atom stereocenters. The summed E-state index contributed by atoms with van der Waals surface area (Å²) in [6.07, 6.45) is 6.95. The highest BCUT2D eigenvalue weighted by molar-refractivity contribution is 5.22. The van der Waals surface area contributed by atoms with Gasteiger partial charge in [0.25, 0.3) is 0 Å². The van der Waals surface area contributed by atoms with Gasteiger partial charge in [-0.3, -0.25) is 0 Å². The van der Waals surface area contributed by atoms with Gasteiger partial charge < -0.3 is 16.4 Å². The summed E-state index contributed by atoms with van der Waals surface area (Å²) in [6.45, 7) is 8.13. The van der Waals surface area contributed by atoms with Crippen molar-refractivity contribution < 1.29 is 0 Å². The average Bonchev–Trinajstić information content (AvgIpc) is 2.46. The topological polar surface area (TPSA) is 50.1 Å². The summed E-state index contributed by atoms with van der Waals surface area (Å²) in [5.41, 5.74) is 8.04. The summed E-state index contributed by atoms with van der Waals surface area (Å²) < 4.78 is 0. The monoisotopic (exact) mass is 259 g/mol. The van der Waals surface area contributed by atoms with Crippen molar-refractivity contribution in [3.05, 3.63) is 60.2 Å². The number of rotatable bonds is 10. The van der Waals surface area contributed by atoms with E-state index >= 15 is 0 Å². The Morgan fingerprint density at radius 3 is 2.37 bits per heavy atom. The highest BCUT2D eigenvalue weighted by atomic mass is 14.9. The summed E-state index contributed by atoms with van der Waals surface area (Å²) in [5, 5.41) is 6.80. The van der Waals surface area contributed by atoms with Gasteiger partial charge in [-0.1, -0.05) is 49.1 Å². The van der Waals surface area contributed by atoms with Crippen LogP contribution in [0.2, 0.25) is 0 Å². The second-order valence-electron chi connectivity index (χ2n) is 4.40. The van der Waals surface area contributed by atoms with Gasteiger partial charge in [0.2, 0.25) is 0 Å². The van der Waals surface area contributed by atoms with Crippen LogP contribution in [0.5, 0.6) is 0 Å². The Kier molecular flexibility index (Phi) is 8.64. The lowest BCUT2D eigenvalue weighted by atomic mass is 10.1. The molecule has 0 aliphatic carbocycles. The van der Waals surface area contributed by atoms with Gasteiger partial charge in [-0.05, 0) is 24.1 Å². The SMILES string of the molecule is C=C/C=C\CCNCCNCc1ccc(CN)cc1. The number of nitrogens with two attached hydrogens (primary N) is 1. The molecule has 104 valence electrons. The highest BCUT2D eigenvalue weighted by Crippen LogP contribution is 2.02. The molecule has 0 unspecified atom stereocenters. The van der Waals surface area contributed by atoms with Gasteiger partial charge in [0.1, 0.15) is 0 Å². The smallest absolute Gasteiger partial charge is 0.0206 e. The zero-order chi connectivity index (χ0) is 13.8. The lowest BCUT2D eigenvalue weighted by Gasteiger charge is -2.06. The van der Waals surface area contributed by atoms with Crippen molar-refractivity contribution in [3.63, 3.8) is 0 Å². The molecule has 0 saturated heterocycles. The van der Waals surface area contributed by atoms with Gasteiger partial charge in [0.05, 0.1) is 0 Å². The van der Waals surface area contributed by atoms with Crippen molar-refractivity contribution in [2.45, 2.75) is 19.5 Å². The van der Waals surface area contributed by atoms with Crippen LogP contribution in [0, 0.1) is 0 Å².